The number of carbonyl (C=O) groups is 1. The molecule has 3 aromatic rings. The van der Waals surface area contributed by atoms with Gasteiger partial charge in [-0.2, -0.15) is 5.10 Å². The number of thioether (sulfide) groups is 1. The molecule has 134 valence electrons. The molecule has 0 saturated heterocycles. The number of benzene rings is 1. The van der Waals surface area contributed by atoms with E-state index in [0.717, 1.165) is 5.56 Å². The van der Waals surface area contributed by atoms with Crippen molar-refractivity contribution in [3.8, 4) is 0 Å². The van der Waals surface area contributed by atoms with Crippen molar-refractivity contribution in [2.75, 3.05) is 17.0 Å². The van der Waals surface area contributed by atoms with Crippen LogP contribution in [0.4, 0.5) is 5.95 Å². The highest BCUT2D eigenvalue weighted by Gasteiger charge is 2.11. The van der Waals surface area contributed by atoms with Gasteiger partial charge in [-0.15, -0.1) is 10.2 Å². The summed E-state index contributed by atoms with van der Waals surface area (Å²) < 4.78 is 6.35. The maximum absolute atomic E-state index is 11.9. The van der Waals surface area contributed by atoms with E-state index in [1.54, 1.807) is 18.4 Å². The largest absolute Gasteiger partial charge is 0.463 e. The Balaban J connectivity index is 1.46. The number of carbonyl (C=O) groups excluding carboxylic acids is 1. The topological polar surface area (TPSA) is 123 Å². The maximum Gasteiger partial charge on any atom is 0.264 e. The second kappa shape index (κ2) is 8.72. The predicted molar refractivity (Wildman–Crippen MR) is 99.1 cm³/mol. The zero-order valence-corrected chi connectivity index (χ0v) is 14.5. The van der Waals surface area contributed by atoms with Gasteiger partial charge in [-0.3, -0.25) is 4.79 Å². The van der Waals surface area contributed by atoms with Crippen molar-refractivity contribution < 1.29 is 9.21 Å². The third-order valence-electron chi connectivity index (χ3n) is 3.23. The van der Waals surface area contributed by atoms with E-state index in [2.05, 4.69) is 26.0 Å². The lowest BCUT2D eigenvalue weighted by atomic mass is 10.2. The van der Waals surface area contributed by atoms with Crippen LogP contribution < -0.4 is 16.6 Å². The number of nitrogens with zero attached hydrogens (tertiary/aromatic N) is 4. The fourth-order valence-corrected chi connectivity index (χ4v) is 2.63. The van der Waals surface area contributed by atoms with E-state index in [1.165, 1.54) is 22.7 Å². The van der Waals surface area contributed by atoms with Crippen molar-refractivity contribution in [2.45, 2.75) is 11.7 Å². The fraction of sp³-hybridized carbons (Fsp3) is 0.125. The fourth-order valence-electron chi connectivity index (χ4n) is 1.95. The maximum atomic E-state index is 11.9. The third kappa shape index (κ3) is 4.86. The van der Waals surface area contributed by atoms with Crippen LogP contribution in [-0.4, -0.2) is 32.7 Å². The van der Waals surface area contributed by atoms with E-state index in [1.807, 2.05) is 30.3 Å². The van der Waals surface area contributed by atoms with E-state index in [4.69, 9.17) is 10.3 Å². The van der Waals surface area contributed by atoms with Crippen molar-refractivity contribution in [3.05, 3.63) is 60.1 Å². The summed E-state index contributed by atoms with van der Waals surface area (Å²) >= 11 is 1.18. The Morgan fingerprint density at radius 2 is 2.12 bits per heavy atom. The summed E-state index contributed by atoms with van der Waals surface area (Å²) in [7, 11) is 0. The van der Waals surface area contributed by atoms with Gasteiger partial charge in [0.1, 0.15) is 5.76 Å². The summed E-state index contributed by atoms with van der Waals surface area (Å²) in [6, 6.07) is 13.2. The average molecular weight is 371 g/mol. The zero-order valence-electron chi connectivity index (χ0n) is 13.7. The van der Waals surface area contributed by atoms with Gasteiger partial charge in [0, 0.05) is 6.54 Å². The quantitative estimate of drug-likeness (QED) is 0.237. The van der Waals surface area contributed by atoms with Crippen molar-refractivity contribution in [1.82, 2.24) is 20.2 Å². The van der Waals surface area contributed by atoms with Crippen molar-refractivity contribution >= 4 is 29.8 Å². The number of nitrogens with one attached hydrogen (secondary N) is 2. The Morgan fingerprint density at radius 3 is 2.88 bits per heavy atom. The van der Waals surface area contributed by atoms with Gasteiger partial charge < -0.3 is 15.6 Å². The SMILES string of the molecule is Nn1c(N/N=C/c2ccco2)nnc1SCC(=O)NCc1ccccc1. The number of hydrazone groups is 1. The van der Waals surface area contributed by atoms with E-state index < -0.39 is 0 Å². The number of rotatable bonds is 8. The number of amides is 1. The van der Waals surface area contributed by atoms with Crippen LogP contribution in [0.3, 0.4) is 0 Å². The lowest BCUT2D eigenvalue weighted by Gasteiger charge is -2.05. The Bertz CT molecular complexity index is 862. The first kappa shape index (κ1) is 17.5. The smallest absolute Gasteiger partial charge is 0.264 e. The Labute approximate surface area is 153 Å². The Hall–Kier alpha value is -3.27. The van der Waals surface area contributed by atoms with Crippen LogP contribution in [0.15, 0.2) is 63.4 Å². The number of aromatic nitrogens is 3. The molecule has 1 amide bonds. The number of nitrogens with two attached hydrogens (primary N) is 1. The normalized spacial score (nSPS) is 10.9. The third-order valence-corrected chi connectivity index (χ3v) is 4.17. The first-order valence-corrected chi connectivity index (χ1v) is 8.67. The number of anilines is 1. The monoisotopic (exact) mass is 371 g/mol. The molecule has 0 saturated carbocycles. The standard InChI is InChI=1S/C16H17N7O2S/c17-23-15(20-19-10-13-7-4-8-25-13)21-22-16(23)26-11-14(24)18-9-12-5-2-1-3-6-12/h1-8,10H,9,11,17H2,(H,18,24)(H,20,21)/b19-10+. The minimum atomic E-state index is -0.118. The number of hydrogen-bond donors (Lipinski definition) is 3. The average Bonchev–Trinajstić information content (AvgIpc) is 3.30. The summed E-state index contributed by atoms with van der Waals surface area (Å²) in [5.41, 5.74) is 3.70. The van der Waals surface area contributed by atoms with Crippen molar-refractivity contribution in [2.24, 2.45) is 5.10 Å². The molecule has 0 radical (unpaired) electrons. The molecule has 9 nitrogen and oxygen atoms in total. The molecule has 2 aromatic heterocycles. The van der Waals surface area contributed by atoms with Crippen LogP contribution in [0.25, 0.3) is 0 Å². The van der Waals surface area contributed by atoms with Crippen molar-refractivity contribution in [3.63, 3.8) is 0 Å². The van der Waals surface area contributed by atoms with Gasteiger partial charge in [-0.05, 0) is 17.7 Å². The number of nitrogen functional groups attached to an aromatic ring is 1. The molecule has 0 unspecified atom stereocenters. The van der Waals surface area contributed by atoms with Gasteiger partial charge in [0.15, 0.2) is 0 Å². The summed E-state index contributed by atoms with van der Waals surface area (Å²) in [4.78, 5) is 11.9. The highest BCUT2D eigenvalue weighted by atomic mass is 32.2. The van der Waals surface area contributed by atoms with Crippen LogP contribution in [0, 0.1) is 0 Å². The van der Waals surface area contributed by atoms with Crippen LogP contribution >= 0.6 is 11.8 Å². The minimum Gasteiger partial charge on any atom is -0.463 e. The molecule has 4 N–H and O–H groups in total. The highest BCUT2D eigenvalue weighted by Crippen LogP contribution is 2.16. The molecular weight excluding hydrogens is 354 g/mol. The van der Waals surface area contributed by atoms with Crippen LogP contribution in [0.2, 0.25) is 0 Å². The summed E-state index contributed by atoms with van der Waals surface area (Å²) in [6.45, 7) is 0.476. The van der Waals surface area contributed by atoms with Gasteiger partial charge in [-0.1, -0.05) is 42.1 Å². The highest BCUT2D eigenvalue weighted by molar-refractivity contribution is 7.99. The molecule has 10 heteroatoms. The second-order valence-electron chi connectivity index (χ2n) is 5.11. The van der Waals surface area contributed by atoms with Crippen LogP contribution in [0.5, 0.6) is 0 Å². The molecule has 26 heavy (non-hydrogen) atoms. The molecule has 2 heterocycles. The van der Waals surface area contributed by atoms with Crippen molar-refractivity contribution in [1.29, 1.82) is 0 Å². The number of furan rings is 1. The molecular formula is C16H17N7O2S. The van der Waals surface area contributed by atoms with Crippen LogP contribution in [-0.2, 0) is 11.3 Å². The Morgan fingerprint density at radius 1 is 1.27 bits per heavy atom. The second-order valence-corrected chi connectivity index (χ2v) is 6.06. The molecule has 0 fully saturated rings. The van der Waals surface area contributed by atoms with Crippen LogP contribution in [0.1, 0.15) is 11.3 Å². The first-order valence-electron chi connectivity index (χ1n) is 7.69. The first-order chi connectivity index (χ1) is 12.7. The summed E-state index contributed by atoms with van der Waals surface area (Å²) in [5, 5.41) is 15.0. The molecule has 0 spiro atoms. The molecule has 1 aromatic carbocycles. The van der Waals surface area contributed by atoms with E-state index in [-0.39, 0.29) is 17.6 Å². The molecule has 0 aliphatic rings. The zero-order chi connectivity index (χ0) is 18.2. The molecule has 0 aliphatic carbocycles. The molecule has 0 aliphatic heterocycles. The molecule has 0 atom stereocenters. The van der Waals surface area contributed by atoms with Gasteiger partial charge in [0.25, 0.3) is 5.95 Å². The lowest BCUT2D eigenvalue weighted by molar-refractivity contribution is -0.118. The van der Waals surface area contributed by atoms with Gasteiger partial charge >= 0.3 is 0 Å². The van der Waals surface area contributed by atoms with E-state index >= 15 is 0 Å². The summed E-state index contributed by atoms with van der Waals surface area (Å²) in [6.07, 6.45) is 3.03. The number of hydrogen-bond acceptors (Lipinski definition) is 8. The minimum absolute atomic E-state index is 0.118. The van der Waals surface area contributed by atoms with Gasteiger partial charge in [0.05, 0.1) is 18.2 Å². The Kier molecular flexibility index (Phi) is 5.88. The summed E-state index contributed by atoms with van der Waals surface area (Å²) in [5.74, 6) is 6.79. The molecule has 0 bridgehead atoms. The van der Waals surface area contributed by atoms with E-state index in [0.29, 0.717) is 17.5 Å². The predicted octanol–water partition coefficient (Wildman–Crippen LogP) is 1.44. The van der Waals surface area contributed by atoms with Gasteiger partial charge in [0.2, 0.25) is 11.1 Å². The van der Waals surface area contributed by atoms with Gasteiger partial charge in [-0.25, -0.2) is 10.1 Å². The van der Waals surface area contributed by atoms with E-state index in [9.17, 15) is 4.79 Å². The lowest BCUT2D eigenvalue weighted by Crippen LogP contribution is -2.25. The molecule has 3 rings (SSSR count).